The van der Waals surface area contributed by atoms with Crippen LogP contribution in [0.15, 0.2) is 70.6 Å². The zero-order valence-corrected chi connectivity index (χ0v) is 16.8. The van der Waals surface area contributed by atoms with Crippen molar-refractivity contribution in [1.82, 2.24) is 0 Å². The van der Waals surface area contributed by atoms with Gasteiger partial charge in [-0.3, -0.25) is 20.1 Å². The lowest BCUT2D eigenvalue weighted by atomic mass is 10.1. The highest BCUT2D eigenvalue weighted by molar-refractivity contribution is 6.31. The van der Waals surface area contributed by atoms with Gasteiger partial charge in [0.2, 0.25) is 0 Å². The Labute approximate surface area is 181 Å². The summed E-state index contributed by atoms with van der Waals surface area (Å²) in [5.41, 5.74) is 0.722. The summed E-state index contributed by atoms with van der Waals surface area (Å²) in [5, 5.41) is 32.2. The third kappa shape index (κ3) is 5.14. The fourth-order valence-corrected chi connectivity index (χ4v) is 2.99. The topological polar surface area (TPSA) is 108 Å². The average molecular weight is 444 g/mol. The molecule has 0 atom stereocenters. The highest BCUT2D eigenvalue weighted by Gasteiger charge is 2.20. The summed E-state index contributed by atoms with van der Waals surface area (Å²) in [4.78, 5) is 19.6. The van der Waals surface area contributed by atoms with Gasteiger partial charge in [-0.1, -0.05) is 35.3 Å². The van der Waals surface area contributed by atoms with Crippen molar-refractivity contribution in [3.8, 4) is 11.5 Å². The predicted molar refractivity (Wildman–Crippen MR) is 117 cm³/mol. The van der Waals surface area contributed by atoms with Crippen LogP contribution < -0.4 is 0 Å². The quantitative estimate of drug-likeness (QED) is 0.295. The second kappa shape index (κ2) is 9.39. The van der Waals surface area contributed by atoms with Crippen molar-refractivity contribution in [1.29, 1.82) is 0 Å². The first-order valence-corrected chi connectivity index (χ1v) is 9.37. The molecule has 0 aliphatic heterocycles. The third-order valence-electron chi connectivity index (χ3n) is 4.10. The van der Waals surface area contributed by atoms with E-state index in [1.165, 1.54) is 67.0 Å². The molecule has 0 saturated carbocycles. The Morgan fingerprint density at radius 1 is 0.867 bits per heavy atom. The van der Waals surface area contributed by atoms with Gasteiger partial charge >= 0.3 is 0 Å². The molecule has 0 saturated heterocycles. The second-order valence-electron chi connectivity index (χ2n) is 6.15. The first kappa shape index (κ1) is 21.3. The lowest BCUT2D eigenvalue weighted by molar-refractivity contribution is -0.385. The molecule has 0 bridgehead atoms. The van der Waals surface area contributed by atoms with Crippen LogP contribution >= 0.6 is 23.2 Å². The maximum absolute atomic E-state index is 11.5. The van der Waals surface area contributed by atoms with Gasteiger partial charge in [0.1, 0.15) is 11.5 Å². The van der Waals surface area contributed by atoms with Crippen LogP contribution in [0.3, 0.4) is 0 Å². The normalized spacial score (nSPS) is 11.6. The van der Waals surface area contributed by atoms with E-state index in [0.29, 0.717) is 21.2 Å². The van der Waals surface area contributed by atoms with E-state index in [-0.39, 0.29) is 22.7 Å². The van der Waals surface area contributed by atoms with Crippen LogP contribution in [-0.2, 0) is 0 Å². The Hall–Kier alpha value is -3.42. The van der Waals surface area contributed by atoms with E-state index < -0.39 is 11.1 Å². The molecule has 2 N–H and O–H groups in total. The van der Waals surface area contributed by atoms with Crippen molar-refractivity contribution >= 4 is 41.3 Å². The maximum Gasteiger partial charge on any atom is 0.276 e. The lowest BCUT2D eigenvalue weighted by Gasteiger charge is -2.09. The molecule has 0 unspecified atom stereocenters. The monoisotopic (exact) mass is 443 g/mol. The minimum atomic E-state index is -1.02. The number of aliphatic imine (C=N–C) groups is 2. The summed E-state index contributed by atoms with van der Waals surface area (Å²) in [6, 6.07) is 14.9. The molecule has 0 heterocycles. The molecule has 0 spiro atoms. The number of phenols is 2. The number of hydrogen-bond donors (Lipinski definition) is 2. The summed E-state index contributed by atoms with van der Waals surface area (Å²) < 4.78 is 0. The van der Waals surface area contributed by atoms with Crippen molar-refractivity contribution in [3.63, 3.8) is 0 Å². The van der Waals surface area contributed by atoms with Gasteiger partial charge < -0.3 is 10.2 Å². The predicted octanol–water partition coefficient (Wildman–Crippen LogP) is 5.55. The number of hydrogen-bond acceptors (Lipinski definition) is 6. The molecular weight excluding hydrogens is 429 g/mol. The van der Waals surface area contributed by atoms with E-state index in [9.17, 15) is 20.3 Å². The average Bonchev–Trinajstić information content (AvgIpc) is 2.72. The number of nitrogens with zero attached hydrogens (tertiary/aromatic N) is 3. The highest BCUT2D eigenvalue weighted by Crippen LogP contribution is 2.30. The molecule has 30 heavy (non-hydrogen) atoms. The number of phenolic OH excluding ortho intramolecular Hbond substituents is 2. The number of rotatable bonds is 6. The first-order chi connectivity index (χ1) is 14.3. The van der Waals surface area contributed by atoms with E-state index in [4.69, 9.17) is 23.2 Å². The van der Waals surface area contributed by atoms with E-state index >= 15 is 0 Å². The zero-order chi connectivity index (χ0) is 21.7. The van der Waals surface area contributed by atoms with Crippen molar-refractivity contribution in [3.05, 3.63) is 97.5 Å². The number of aromatic hydroxyl groups is 2. The Morgan fingerprint density at radius 3 is 1.87 bits per heavy atom. The van der Waals surface area contributed by atoms with E-state index in [1.807, 2.05) is 0 Å². The molecular formula is C21H15Cl2N3O4. The fraction of sp³-hybridized carbons (Fsp3) is 0.0476. The summed E-state index contributed by atoms with van der Waals surface area (Å²) in [7, 11) is 0. The van der Waals surface area contributed by atoms with Crippen LogP contribution in [-0.4, -0.2) is 27.6 Å². The van der Waals surface area contributed by atoms with Gasteiger partial charge in [-0.05, 0) is 42.5 Å². The second-order valence-corrected chi connectivity index (χ2v) is 7.03. The molecule has 0 aliphatic carbocycles. The summed E-state index contributed by atoms with van der Waals surface area (Å²) in [6.45, 7) is 0. The van der Waals surface area contributed by atoms with E-state index in [0.717, 1.165) is 0 Å². The van der Waals surface area contributed by atoms with E-state index in [1.54, 1.807) is 6.07 Å². The number of nitro benzene ring substituents is 1. The van der Waals surface area contributed by atoms with Gasteiger partial charge in [-0.15, -0.1) is 0 Å². The van der Waals surface area contributed by atoms with Crippen molar-refractivity contribution in [2.45, 2.75) is 6.17 Å². The van der Waals surface area contributed by atoms with Gasteiger partial charge in [-0.25, -0.2) is 0 Å². The Kier molecular flexibility index (Phi) is 6.66. The van der Waals surface area contributed by atoms with Crippen molar-refractivity contribution in [2.75, 3.05) is 0 Å². The smallest absolute Gasteiger partial charge is 0.276 e. The summed E-state index contributed by atoms with van der Waals surface area (Å²) in [5.74, 6) is -0.109. The molecule has 0 aromatic heterocycles. The Balaban J connectivity index is 2.06. The minimum Gasteiger partial charge on any atom is -0.507 e. The van der Waals surface area contributed by atoms with Crippen LogP contribution in [0.1, 0.15) is 22.9 Å². The molecule has 152 valence electrons. The first-order valence-electron chi connectivity index (χ1n) is 8.62. The maximum atomic E-state index is 11.5. The van der Waals surface area contributed by atoms with Gasteiger partial charge in [0.05, 0.1) is 10.5 Å². The molecule has 7 nitrogen and oxygen atoms in total. The molecule has 0 aliphatic rings. The minimum absolute atomic E-state index is 0.0547. The number of halogens is 2. The van der Waals surface area contributed by atoms with Gasteiger partial charge in [-0.2, -0.15) is 0 Å². The largest absolute Gasteiger partial charge is 0.507 e. The van der Waals surface area contributed by atoms with Gasteiger partial charge in [0, 0.05) is 39.7 Å². The van der Waals surface area contributed by atoms with Crippen molar-refractivity contribution < 1.29 is 15.1 Å². The van der Waals surface area contributed by atoms with Crippen LogP contribution in [0.4, 0.5) is 5.69 Å². The van der Waals surface area contributed by atoms with Crippen LogP contribution in [0.25, 0.3) is 0 Å². The van der Waals surface area contributed by atoms with Crippen LogP contribution in [0, 0.1) is 10.1 Å². The standard InChI is InChI=1S/C21H15Cl2N3O4/c22-15-5-7-19(27)13(9-15)11-24-21(17-3-1-2-4-18(17)26(29)30)25-12-14-10-16(23)6-8-20(14)28/h1-12,21,27-28H/b24-11+,25-12+. The fourth-order valence-electron chi connectivity index (χ4n) is 2.63. The van der Waals surface area contributed by atoms with Crippen LogP contribution in [0.5, 0.6) is 11.5 Å². The Bertz CT molecular complexity index is 1090. The van der Waals surface area contributed by atoms with Gasteiger partial charge in [0.15, 0.2) is 6.17 Å². The molecule has 9 heteroatoms. The molecule has 0 amide bonds. The summed E-state index contributed by atoms with van der Waals surface area (Å²) in [6.07, 6.45) is 1.64. The molecule has 0 fully saturated rings. The number of para-hydroxylation sites is 1. The van der Waals surface area contributed by atoms with Gasteiger partial charge in [0.25, 0.3) is 5.69 Å². The molecule has 3 aromatic rings. The molecule has 0 radical (unpaired) electrons. The lowest BCUT2D eigenvalue weighted by Crippen LogP contribution is -2.01. The number of benzene rings is 3. The summed E-state index contributed by atoms with van der Waals surface area (Å²) >= 11 is 11.9. The zero-order valence-electron chi connectivity index (χ0n) is 15.3. The highest BCUT2D eigenvalue weighted by atomic mass is 35.5. The third-order valence-corrected chi connectivity index (χ3v) is 4.57. The SMILES string of the molecule is O=[N+]([O-])c1ccccc1C(/N=C/c1cc(Cl)ccc1O)/N=C/c1cc(Cl)ccc1O. The molecule has 3 rings (SSSR count). The van der Waals surface area contributed by atoms with E-state index in [2.05, 4.69) is 9.98 Å². The van der Waals surface area contributed by atoms with Crippen molar-refractivity contribution in [2.24, 2.45) is 9.98 Å². The molecule has 3 aromatic carbocycles. The Morgan fingerprint density at radius 2 is 1.37 bits per heavy atom. The number of nitro groups is 1. The van der Waals surface area contributed by atoms with Crippen LogP contribution in [0.2, 0.25) is 10.0 Å².